The van der Waals surface area contributed by atoms with Crippen LogP contribution in [0, 0.1) is 0 Å². The molecule has 2 aromatic heterocycles. The van der Waals surface area contributed by atoms with Crippen LogP contribution in [0.4, 0.5) is 24.8 Å². The molecule has 10 nitrogen and oxygen atoms in total. The molecule has 2 N–H and O–H groups in total. The number of ether oxygens (including phenoxy) is 1. The Morgan fingerprint density at radius 1 is 1.23 bits per heavy atom. The summed E-state index contributed by atoms with van der Waals surface area (Å²) in [7, 11) is -2.33. The van der Waals surface area contributed by atoms with E-state index in [1.165, 1.54) is 13.2 Å². The van der Waals surface area contributed by atoms with Crippen molar-refractivity contribution in [1.29, 1.82) is 0 Å². The number of sulfonamides is 1. The van der Waals surface area contributed by atoms with Gasteiger partial charge in [-0.2, -0.15) is 0 Å². The van der Waals surface area contributed by atoms with Gasteiger partial charge in [-0.3, -0.25) is 0 Å². The number of hydrogen-bond acceptors (Lipinski definition) is 8. The number of nitrogens with one attached hydrogen (secondary N) is 2. The zero-order valence-electron chi connectivity index (χ0n) is 21.6. The Morgan fingerprint density at radius 3 is 2.73 bits per heavy atom. The molecular weight excluding hydrogens is 612 g/mol. The van der Waals surface area contributed by atoms with Crippen molar-refractivity contribution in [2.75, 3.05) is 36.1 Å². The van der Waals surface area contributed by atoms with Crippen molar-refractivity contribution in [2.24, 2.45) is 0 Å². The molecule has 1 aromatic carbocycles. The number of aromatic nitrogens is 3. The van der Waals surface area contributed by atoms with Gasteiger partial charge in [-0.1, -0.05) is 0 Å². The number of carbonyl (C=O) groups is 1. The van der Waals surface area contributed by atoms with Crippen molar-refractivity contribution < 1.29 is 31.1 Å². The fourth-order valence-electron chi connectivity index (χ4n) is 3.91. The molecule has 0 bridgehead atoms. The number of nitrogens with zero attached hydrogens (tertiary/aromatic N) is 4. The van der Waals surface area contributed by atoms with Crippen molar-refractivity contribution in [3.63, 3.8) is 0 Å². The van der Waals surface area contributed by atoms with E-state index in [2.05, 4.69) is 25.6 Å². The fourth-order valence-corrected chi connectivity index (χ4v) is 6.20. The Bertz CT molecular complexity index is 1470. The average molecular weight is 640 g/mol. The molecule has 4 rings (SSSR count). The summed E-state index contributed by atoms with van der Waals surface area (Å²) in [6.07, 6.45) is 0.104. The normalized spacial score (nSPS) is 16.2. The summed E-state index contributed by atoms with van der Waals surface area (Å²) >= 11 is -0.955. The summed E-state index contributed by atoms with van der Waals surface area (Å²) in [5.41, 5.74) is -0.260. The summed E-state index contributed by atoms with van der Waals surface area (Å²) in [4.78, 5) is 24.9. The maximum atomic E-state index is 13.8. The molecule has 213 valence electrons. The molecule has 0 aliphatic carbocycles. The Labute approximate surface area is 236 Å². The molecule has 1 atom stereocenters. The first-order chi connectivity index (χ1) is 18.9. The number of alkyl halides is 3. The second-order valence-electron chi connectivity index (χ2n) is 9.05. The van der Waals surface area contributed by atoms with Crippen molar-refractivity contribution in [1.82, 2.24) is 20.3 Å². The Kier molecular flexibility index (Phi) is 9.32. The summed E-state index contributed by atoms with van der Waals surface area (Å²) in [5, 5.41) is 5.64. The Hall–Kier alpha value is -3.22. The van der Waals surface area contributed by atoms with Crippen LogP contribution >= 0.6 is 0 Å². The molecule has 3 heterocycles. The van der Waals surface area contributed by atoms with E-state index in [4.69, 9.17) is 4.74 Å². The minimum atomic E-state index is -4.72. The molecule has 0 spiro atoms. The number of hydrogen-bond donors (Lipinski definition) is 2. The molecule has 15 heteroatoms. The molecule has 1 amide bonds. The zero-order chi connectivity index (χ0) is 28.9. The van der Waals surface area contributed by atoms with Gasteiger partial charge in [-0.25, -0.2) is 0 Å². The van der Waals surface area contributed by atoms with E-state index in [0.29, 0.717) is 24.3 Å². The van der Waals surface area contributed by atoms with Gasteiger partial charge in [0.1, 0.15) is 0 Å². The quantitative estimate of drug-likeness (QED) is 0.338. The third-order valence-electron chi connectivity index (χ3n) is 6.02. The third kappa shape index (κ3) is 7.70. The molecule has 40 heavy (non-hydrogen) atoms. The van der Waals surface area contributed by atoms with E-state index in [-0.39, 0.29) is 28.9 Å². The van der Waals surface area contributed by atoms with Crippen LogP contribution in [-0.4, -0.2) is 77.6 Å². The van der Waals surface area contributed by atoms with E-state index < -0.39 is 43.3 Å². The first-order valence-electron chi connectivity index (χ1n) is 12.2. The van der Waals surface area contributed by atoms with Gasteiger partial charge in [0.15, 0.2) is 0 Å². The number of amides is 1. The first kappa shape index (κ1) is 29.8. The van der Waals surface area contributed by atoms with E-state index in [9.17, 15) is 26.4 Å². The van der Waals surface area contributed by atoms with Crippen LogP contribution in [-0.2, 0) is 27.5 Å². The van der Waals surface area contributed by atoms with Crippen LogP contribution < -0.4 is 23.9 Å². The number of benzene rings is 1. The Balaban J connectivity index is 1.54. The molecule has 0 saturated carbocycles. The molecule has 1 aliphatic rings. The molecule has 1 unspecified atom stereocenters. The molecule has 1 fully saturated rings. The summed E-state index contributed by atoms with van der Waals surface area (Å²) < 4.78 is 72.6. The Morgan fingerprint density at radius 2 is 2.02 bits per heavy atom. The van der Waals surface area contributed by atoms with E-state index in [0.717, 1.165) is 34.0 Å². The predicted molar refractivity (Wildman–Crippen MR) is 145 cm³/mol. The van der Waals surface area contributed by atoms with Gasteiger partial charge in [-0.15, -0.1) is 0 Å². The predicted octanol–water partition coefficient (Wildman–Crippen LogP) is 1.46. The van der Waals surface area contributed by atoms with Crippen LogP contribution in [0.1, 0.15) is 34.3 Å². The monoisotopic (exact) mass is 639 g/mol. The number of carbonyl (C=O) groups excluding carboxylic acids is 1. The molecule has 1 saturated heterocycles. The summed E-state index contributed by atoms with van der Waals surface area (Å²) in [5.74, 6) is -0.599. The molecule has 3 aromatic rings. The van der Waals surface area contributed by atoms with E-state index in [1.54, 1.807) is 36.4 Å². The van der Waals surface area contributed by atoms with Crippen LogP contribution in [0.25, 0.3) is 0 Å². The fraction of sp³-hybridized carbons (Fsp3) is 0.360. The zero-order valence-corrected chi connectivity index (χ0v) is 24.3. The number of pyridine rings is 1. The minimum absolute atomic E-state index is 0.0670. The number of anilines is 2. The summed E-state index contributed by atoms with van der Waals surface area (Å²) in [6, 6.07) is 9.90. The van der Waals surface area contributed by atoms with Crippen LogP contribution in [0.15, 0.2) is 48.8 Å². The maximum absolute atomic E-state index is 13.8. The van der Waals surface area contributed by atoms with Crippen molar-refractivity contribution in [2.45, 2.75) is 31.6 Å². The van der Waals surface area contributed by atoms with Gasteiger partial charge < -0.3 is 0 Å². The molecule has 1 aliphatic heterocycles. The van der Waals surface area contributed by atoms with E-state index in [1.807, 2.05) is 0 Å². The standard InChI is InChI=1S/C25H27AsF3N6O4S/c1-35(40(2,37)38)22-17(7-4-10-30-22)13-31-21-20(25(27,28)29)14-32-24(34-21)26-18-8-3-6-16(12-18)23(36)33-19-9-5-11-39-15-19/h3-4,6-8,10,12,14,19H,5,9,11,13,15H2,1-2H3,(H,33,36)(H,31,32,34). The SMILES string of the molecule is CN(c1ncccc1CNc1nc([As]c2cccc(C(=O)NC3CCCOC3)c2)ncc1C(F)(F)F)S(C)(=O)=O. The average Bonchev–Trinajstić information content (AvgIpc) is 2.91. The number of halogens is 3. The van der Waals surface area contributed by atoms with Gasteiger partial charge in [0.05, 0.1) is 0 Å². The summed E-state index contributed by atoms with van der Waals surface area (Å²) in [6.45, 7) is 0.966. The molecule has 1 radical (unpaired) electrons. The van der Waals surface area contributed by atoms with Gasteiger partial charge in [0.2, 0.25) is 0 Å². The van der Waals surface area contributed by atoms with Gasteiger partial charge >= 0.3 is 237 Å². The van der Waals surface area contributed by atoms with Crippen molar-refractivity contribution in [3.8, 4) is 0 Å². The molecular formula is C25H27AsF3N6O4S. The van der Waals surface area contributed by atoms with Gasteiger partial charge in [-0.05, 0) is 0 Å². The van der Waals surface area contributed by atoms with Gasteiger partial charge in [0, 0.05) is 0 Å². The van der Waals surface area contributed by atoms with Gasteiger partial charge in [0.25, 0.3) is 0 Å². The first-order valence-corrected chi connectivity index (χ1v) is 15.9. The van der Waals surface area contributed by atoms with E-state index >= 15 is 0 Å². The second kappa shape index (κ2) is 12.5. The number of rotatable bonds is 9. The van der Waals surface area contributed by atoms with Crippen molar-refractivity contribution in [3.05, 3.63) is 65.5 Å². The van der Waals surface area contributed by atoms with Crippen molar-refractivity contribution >= 4 is 52.3 Å². The van der Waals surface area contributed by atoms with Crippen LogP contribution in [0.5, 0.6) is 0 Å². The third-order valence-corrected chi connectivity index (χ3v) is 9.19. The van der Waals surface area contributed by atoms with Crippen LogP contribution in [0.3, 0.4) is 0 Å². The van der Waals surface area contributed by atoms with Crippen LogP contribution in [0.2, 0.25) is 0 Å². The topological polar surface area (TPSA) is 126 Å². The second-order valence-corrected chi connectivity index (χ2v) is 13.5.